The lowest BCUT2D eigenvalue weighted by Gasteiger charge is -2.58. The SMILES string of the molecule is O=C1CCC(N2Cc3cc(C(=O)NC4CC5(C4)CC(c4ccc(F)c(F)c4)C5)ccc3C2=O)C(=O)N1. The number of piperidine rings is 1. The number of hydrogen-bond acceptors (Lipinski definition) is 4. The van der Waals surface area contributed by atoms with Gasteiger partial charge in [-0.1, -0.05) is 6.07 Å². The number of imide groups is 1. The zero-order valence-electron chi connectivity index (χ0n) is 19.5. The van der Waals surface area contributed by atoms with Crippen LogP contribution in [0.4, 0.5) is 8.78 Å². The van der Waals surface area contributed by atoms with Crippen LogP contribution in [-0.4, -0.2) is 40.6 Å². The van der Waals surface area contributed by atoms with Gasteiger partial charge in [-0.25, -0.2) is 8.78 Å². The number of hydrogen-bond donors (Lipinski definition) is 2. The van der Waals surface area contributed by atoms with Crippen LogP contribution < -0.4 is 10.6 Å². The Labute approximate surface area is 206 Å². The van der Waals surface area contributed by atoms with Crippen molar-refractivity contribution >= 4 is 23.6 Å². The van der Waals surface area contributed by atoms with Gasteiger partial charge in [0.1, 0.15) is 6.04 Å². The molecule has 3 fully saturated rings. The molecular formula is C27H25F2N3O4. The van der Waals surface area contributed by atoms with Crippen LogP contribution in [-0.2, 0) is 16.1 Å². The number of carbonyl (C=O) groups is 4. The van der Waals surface area contributed by atoms with E-state index in [4.69, 9.17) is 0 Å². The Bertz CT molecular complexity index is 1310. The smallest absolute Gasteiger partial charge is 0.255 e. The van der Waals surface area contributed by atoms with Gasteiger partial charge in [0.15, 0.2) is 11.6 Å². The third kappa shape index (κ3) is 3.77. The number of fused-ring (bicyclic) bond motifs is 1. The summed E-state index contributed by atoms with van der Waals surface area (Å²) >= 11 is 0. The Morgan fingerprint density at radius 1 is 1.00 bits per heavy atom. The lowest BCUT2D eigenvalue weighted by molar-refractivity contribution is -0.136. The molecule has 36 heavy (non-hydrogen) atoms. The molecule has 1 saturated heterocycles. The molecule has 9 heteroatoms. The van der Waals surface area contributed by atoms with E-state index in [1.807, 2.05) is 0 Å². The Kier molecular flexibility index (Phi) is 5.21. The first-order valence-corrected chi connectivity index (χ1v) is 12.2. The van der Waals surface area contributed by atoms with Crippen molar-refractivity contribution in [3.05, 3.63) is 70.3 Å². The monoisotopic (exact) mass is 493 g/mol. The number of rotatable bonds is 4. The van der Waals surface area contributed by atoms with Gasteiger partial charge in [-0.2, -0.15) is 0 Å². The molecule has 0 bridgehead atoms. The molecule has 2 heterocycles. The summed E-state index contributed by atoms with van der Waals surface area (Å²) in [6.45, 7) is 0.222. The van der Waals surface area contributed by atoms with Gasteiger partial charge in [0.05, 0.1) is 0 Å². The molecule has 2 saturated carbocycles. The van der Waals surface area contributed by atoms with Crippen LogP contribution in [0.15, 0.2) is 36.4 Å². The van der Waals surface area contributed by atoms with E-state index < -0.39 is 23.6 Å². The molecule has 1 unspecified atom stereocenters. The van der Waals surface area contributed by atoms with E-state index in [1.165, 1.54) is 17.0 Å². The molecule has 1 spiro atoms. The zero-order chi connectivity index (χ0) is 25.2. The summed E-state index contributed by atoms with van der Waals surface area (Å²) in [5.41, 5.74) is 2.60. The van der Waals surface area contributed by atoms with E-state index in [9.17, 15) is 28.0 Å². The molecule has 2 N–H and O–H groups in total. The second-order valence-corrected chi connectivity index (χ2v) is 10.6. The molecule has 2 aliphatic carbocycles. The molecule has 4 amide bonds. The molecule has 0 aromatic heterocycles. The summed E-state index contributed by atoms with van der Waals surface area (Å²) in [5.74, 6) is -2.71. The number of amides is 4. The van der Waals surface area contributed by atoms with Crippen molar-refractivity contribution in [2.45, 2.75) is 63.1 Å². The van der Waals surface area contributed by atoms with E-state index >= 15 is 0 Å². The molecule has 2 aromatic rings. The summed E-state index contributed by atoms with van der Waals surface area (Å²) in [7, 11) is 0. The third-order valence-electron chi connectivity index (χ3n) is 8.25. The maximum Gasteiger partial charge on any atom is 0.255 e. The van der Waals surface area contributed by atoms with Gasteiger partial charge < -0.3 is 10.2 Å². The molecule has 6 rings (SSSR count). The van der Waals surface area contributed by atoms with Crippen molar-refractivity contribution in [3.8, 4) is 0 Å². The van der Waals surface area contributed by atoms with E-state index in [0.717, 1.165) is 31.2 Å². The van der Waals surface area contributed by atoms with E-state index in [-0.39, 0.29) is 54.5 Å². The topological polar surface area (TPSA) is 95.6 Å². The van der Waals surface area contributed by atoms with Crippen molar-refractivity contribution < 1.29 is 28.0 Å². The van der Waals surface area contributed by atoms with E-state index in [2.05, 4.69) is 10.6 Å². The predicted octanol–water partition coefficient (Wildman–Crippen LogP) is 3.18. The maximum absolute atomic E-state index is 13.5. The fourth-order valence-corrected chi connectivity index (χ4v) is 6.39. The molecule has 0 radical (unpaired) electrons. The molecule has 2 aromatic carbocycles. The van der Waals surface area contributed by atoms with Crippen LogP contribution in [0.3, 0.4) is 0 Å². The van der Waals surface area contributed by atoms with Gasteiger partial charge in [0.25, 0.3) is 11.8 Å². The predicted molar refractivity (Wildman–Crippen MR) is 124 cm³/mol. The quantitative estimate of drug-likeness (QED) is 0.640. The maximum atomic E-state index is 13.5. The van der Waals surface area contributed by atoms with Crippen molar-refractivity contribution in [3.63, 3.8) is 0 Å². The lowest BCUT2D eigenvalue weighted by Crippen LogP contribution is -2.55. The van der Waals surface area contributed by atoms with Gasteiger partial charge in [0, 0.05) is 30.1 Å². The standard InChI is InChI=1S/C27H25F2N3O4/c28-20-4-2-14(8-21(20)29)17-9-27(10-17)11-18(12-27)30-24(34)15-1-3-19-16(7-15)13-32(26(19)36)22-5-6-23(33)31-25(22)35/h1-4,7-8,17-18,22H,5-6,9-13H2,(H,30,34)(H,31,33,35). The Morgan fingerprint density at radius 3 is 2.50 bits per heavy atom. The minimum Gasteiger partial charge on any atom is -0.349 e. The largest absolute Gasteiger partial charge is 0.349 e. The summed E-state index contributed by atoms with van der Waals surface area (Å²) in [6, 6.07) is 8.41. The van der Waals surface area contributed by atoms with Crippen LogP contribution in [0, 0.1) is 17.0 Å². The first-order valence-electron chi connectivity index (χ1n) is 12.2. The van der Waals surface area contributed by atoms with E-state index in [0.29, 0.717) is 16.7 Å². The van der Waals surface area contributed by atoms with Crippen LogP contribution >= 0.6 is 0 Å². The van der Waals surface area contributed by atoms with Gasteiger partial charge in [-0.05, 0) is 84.9 Å². The fraction of sp³-hybridized carbons (Fsp3) is 0.407. The minimum absolute atomic E-state index is 0.0539. The highest BCUT2D eigenvalue weighted by Gasteiger charge is 2.53. The number of halogens is 2. The first kappa shape index (κ1) is 22.8. The molecule has 7 nitrogen and oxygen atoms in total. The fourth-order valence-electron chi connectivity index (χ4n) is 6.39. The highest BCUT2D eigenvalue weighted by atomic mass is 19.2. The van der Waals surface area contributed by atoms with Crippen LogP contribution in [0.25, 0.3) is 0 Å². The zero-order valence-corrected chi connectivity index (χ0v) is 19.5. The number of nitrogens with zero attached hydrogens (tertiary/aromatic N) is 1. The van der Waals surface area contributed by atoms with Gasteiger partial charge in [-0.15, -0.1) is 0 Å². The molecule has 1 atom stereocenters. The summed E-state index contributed by atoms with van der Waals surface area (Å²) in [4.78, 5) is 50.8. The second kappa shape index (κ2) is 8.21. The number of benzene rings is 2. The average Bonchev–Trinajstić information content (AvgIpc) is 3.12. The number of carbonyl (C=O) groups excluding carboxylic acids is 4. The summed E-state index contributed by atoms with van der Waals surface area (Å²) in [5, 5.41) is 5.35. The van der Waals surface area contributed by atoms with E-state index in [1.54, 1.807) is 24.3 Å². The molecular weight excluding hydrogens is 468 g/mol. The third-order valence-corrected chi connectivity index (χ3v) is 8.25. The number of nitrogens with one attached hydrogen (secondary N) is 2. The molecule has 2 aliphatic heterocycles. The van der Waals surface area contributed by atoms with Gasteiger partial charge >= 0.3 is 0 Å². The Morgan fingerprint density at radius 2 is 1.78 bits per heavy atom. The van der Waals surface area contributed by atoms with Crippen molar-refractivity contribution in [1.29, 1.82) is 0 Å². The van der Waals surface area contributed by atoms with Crippen molar-refractivity contribution in [2.24, 2.45) is 5.41 Å². The Hall–Kier alpha value is -3.62. The highest BCUT2D eigenvalue weighted by Crippen LogP contribution is 2.62. The summed E-state index contributed by atoms with van der Waals surface area (Å²) in [6.07, 6.45) is 3.99. The average molecular weight is 494 g/mol. The normalized spacial score (nSPS) is 28.9. The molecule has 4 aliphatic rings. The molecule has 186 valence electrons. The first-order chi connectivity index (χ1) is 17.2. The van der Waals surface area contributed by atoms with Gasteiger partial charge in [0.2, 0.25) is 11.8 Å². The minimum atomic E-state index is -0.834. The second-order valence-electron chi connectivity index (χ2n) is 10.6. The van der Waals surface area contributed by atoms with Crippen molar-refractivity contribution in [2.75, 3.05) is 0 Å². The van der Waals surface area contributed by atoms with Crippen LogP contribution in [0.2, 0.25) is 0 Å². The summed E-state index contributed by atoms with van der Waals surface area (Å²) < 4.78 is 26.7. The van der Waals surface area contributed by atoms with Crippen LogP contribution in [0.5, 0.6) is 0 Å². The highest BCUT2D eigenvalue weighted by molar-refractivity contribution is 6.06. The van der Waals surface area contributed by atoms with Gasteiger partial charge in [-0.3, -0.25) is 24.5 Å². The Balaban J connectivity index is 1.04. The van der Waals surface area contributed by atoms with Crippen molar-refractivity contribution in [1.82, 2.24) is 15.5 Å². The van der Waals surface area contributed by atoms with Crippen LogP contribution in [0.1, 0.15) is 76.3 Å². The lowest BCUT2D eigenvalue weighted by atomic mass is 9.49.